The second kappa shape index (κ2) is 9.63. The molecule has 1 aliphatic heterocycles. The molecular weight excluding hydrogens is 414 g/mol. The second-order valence-electron chi connectivity index (χ2n) is 6.12. The maximum Gasteiger partial charge on any atom is 0.325 e. The van der Waals surface area contributed by atoms with Gasteiger partial charge in [0.25, 0.3) is 0 Å². The summed E-state index contributed by atoms with van der Waals surface area (Å²) in [7, 11) is 0. The van der Waals surface area contributed by atoms with E-state index in [1.807, 2.05) is 13.0 Å². The highest BCUT2D eigenvalue weighted by molar-refractivity contribution is 9.10. The number of anilines is 2. The zero-order valence-electron chi connectivity index (χ0n) is 15.0. The first kappa shape index (κ1) is 19.5. The van der Waals surface area contributed by atoms with Crippen LogP contribution in [0.4, 0.5) is 16.3 Å². The number of rotatable bonds is 5. The average molecular weight is 436 g/mol. The van der Waals surface area contributed by atoms with Crippen LogP contribution in [0.15, 0.2) is 35.1 Å². The number of benzene rings is 1. The van der Waals surface area contributed by atoms with Gasteiger partial charge < -0.3 is 20.1 Å². The first-order valence-electron chi connectivity index (χ1n) is 8.71. The van der Waals surface area contributed by atoms with Gasteiger partial charge in [0.05, 0.1) is 23.8 Å². The number of urea groups is 1. The molecule has 0 saturated carbocycles. The Balaban J connectivity index is 1.62. The Kier molecular flexibility index (Phi) is 6.97. The molecule has 0 spiro atoms. The molecule has 1 atom stereocenters. The highest BCUT2D eigenvalue weighted by Gasteiger charge is 2.15. The number of carbonyl (C=O) groups excluding carboxylic acids is 1. The largest absolute Gasteiger partial charge is 0.489 e. The number of nitrogens with one attached hydrogen (secondary N) is 3. The summed E-state index contributed by atoms with van der Waals surface area (Å²) < 4.78 is 12.5. The van der Waals surface area contributed by atoms with Gasteiger partial charge in [0.15, 0.2) is 5.82 Å². The summed E-state index contributed by atoms with van der Waals surface area (Å²) in [6, 6.07) is 5.01. The summed E-state index contributed by atoms with van der Waals surface area (Å²) >= 11 is 3.41. The fourth-order valence-corrected chi connectivity index (χ4v) is 2.87. The zero-order valence-corrected chi connectivity index (χ0v) is 16.6. The van der Waals surface area contributed by atoms with Crippen LogP contribution < -0.4 is 20.7 Å². The van der Waals surface area contributed by atoms with Crippen molar-refractivity contribution in [2.24, 2.45) is 0 Å². The van der Waals surface area contributed by atoms with E-state index in [1.165, 1.54) is 6.20 Å². The lowest BCUT2D eigenvalue weighted by Gasteiger charge is -2.18. The van der Waals surface area contributed by atoms with Crippen LogP contribution in [0.2, 0.25) is 0 Å². The Morgan fingerprint density at radius 1 is 1.37 bits per heavy atom. The molecule has 3 rings (SSSR count). The Bertz CT molecular complexity index is 764. The van der Waals surface area contributed by atoms with Crippen LogP contribution in [0.5, 0.6) is 5.75 Å². The predicted molar refractivity (Wildman–Crippen MR) is 106 cm³/mol. The van der Waals surface area contributed by atoms with E-state index >= 15 is 0 Å². The fourth-order valence-electron chi connectivity index (χ4n) is 2.51. The molecule has 2 amide bonds. The minimum atomic E-state index is -0.427. The predicted octanol–water partition coefficient (Wildman–Crippen LogP) is 2.95. The summed E-state index contributed by atoms with van der Waals surface area (Å²) in [6.45, 7) is 4.63. The first-order valence-corrected chi connectivity index (χ1v) is 9.51. The van der Waals surface area contributed by atoms with E-state index in [9.17, 15) is 4.79 Å². The van der Waals surface area contributed by atoms with E-state index in [2.05, 4.69) is 41.8 Å². The van der Waals surface area contributed by atoms with Gasteiger partial charge in [0.2, 0.25) is 0 Å². The number of aryl methyl sites for hydroxylation is 1. The monoisotopic (exact) mass is 435 g/mol. The number of halogens is 1. The fraction of sp³-hybridized carbons (Fsp3) is 0.389. The van der Waals surface area contributed by atoms with Crippen LogP contribution in [0.25, 0.3) is 0 Å². The van der Waals surface area contributed by atoms with Crippen molar-refractivity contribution in [1.82, 2.24) is 15.3 Å². The van der Waals surface area contributed by atoms with Crippen molar-refractivity contribution in [1.29, 1.82) is 0 Å². The molecule has 2 heterocycles. The molecular formula is C18H22BrN5O3. The molecule has 1 unspecified atom stereocenters. The van der Waals surface area contributed by atoms with Gasteiger partial charge in [-0.05, 0) is 38.1 Å². The van der Waals surface area contributed by atoms with Gasteiger partial charge in [-0.25, -0.2) is 9.78 Å². The van der Waals surface area contributed by atoms with E-state index in [1.54, 1.807) is 18.3 Å². The number of hydrogen-bond acceptors (Lipinski definition) is 6. The van der Waals surface area contributed by atoms with E-state index < -0.39 is 6.03 Å². The van der Waals surface area contributed by atoms with Crippen molar-refractivity contribution in [2.75, 3.05) is 36.9 Å². The van der Waals surface area contributed by atoms with Crippen LogP contribution in [-0.2, 0) is 4.74 Å². The third-order valence-corrected chi connectivity index (χ3v) is 4.35. The van der Waals surface area contributed by atoms with Crippen LogP contribution in [0, 0.1) is 6.92 Å². The number of nitrogens with zero attached hydrogens (tertiary/aromatic N) is 2. The zero-order chi connectivity index (χ0) is 19.1. The van der Waals surface area contributed by atoms with Crippen LogP contribution >= 0.6 is 15.9 Å². The molecule has 27 heavy (non-hydrogen) atoms. The van der Waals surface area contributed by atoms with Gasteiger partial charge in [-0.1, -0.05) is 15.9 Å². The number of aromatic nitrogens is 2. The van der Waals surface area contributed by atoms with E-state index in [0.717, 1.165) is 29.7 Å². The molecule has 1 aromatic carbocycles. The Morgan fingerprint density at radius 3 is 3.07 bits per heavy atom. The molecule has 9 heteroatoms. The molecule has 0 bridgehead atoms. The van der Waals surface area contributed by atoms with Gasteiger partial charge >= 0.3 is 6.03 Å². The topological polar surface area (TPSA) is 97.4 Å². The average Bonchev–Trinajstić information content (AvgIpc) is 2.92. The van der Waals surface area contributed by atoms with Crippen molar-refractivity contribution in [3.63, 3.8) is 0 Å². The van der Waals surface area contributed by atoms with E-state index in [-0.39, 0.29) is 6.10 Å². The van der Waals surface area contributed by atoms with Crippen LogP contribution in [-0.4, -0.2) is 48.4 Å². The summed E-state index contributed by atoms with van der Waals surface area (Å²) in [5.41, 5.74) is 1.32. The lowest BCUT2D eigenvalue weighted by Crippen LogP contribution is -2.31. The van der Waals surface area contributed by atoms with Gasteiger partial charge in [-0.3, -0.25) is 10.3 Å². The SMILES string of the molecule is Cc1cnc(NC(=O)Nc2cc(Br)ccc2OCC2CNCCCO2)cn1. The van der Waals surface area contributed by atoms with Gasteiger partial charge in [-0.15, -0.1) is 0 Å². The number of carbonyl (C=O) groups is 1. The maximum atomic E-state index is 12.3. The van der Waals surface area contributed by atoms with E-state index in [4.69, 9.17) is 9.47 Å². The van der Waals surface area contributed by atoms with Crippen molar-refractivity contribution < 1.29 is 14.3 Å². The number of hydrogen-bond donors (Lipinski definition) is 3. The van der Waals surface area contributed by atoms with Gasteiger partial charge in [0.1, 0.15) is 18.5 Å². The summed E-state index contributed by atoms with van der Waals surface area (Å²) in [5.74, 6) is 0.935. The maximum absolute atomic E-state index is 12.3. The van der Waals surface area contributed by atoms with Crippen LogP contribution in [0.1, 0.15) is 12.1 Å². The minimum absolute atomic E-state index is 0.0272. The Morgan fingerprint density at radius 2 is 2.26 bits per heavy atom. The molecule has 8 nitrogen and oxygen atoms in total. The first-order chi connectivity index (χ1) is 13.1. The molecule has 144 valence electrons. The van der Waals surface area contributed by atoms with Crippen molar-refractivity contribution in [3.8, 4) is 5.75 Å². The minimum Gasteiger partial charge on any atom is -0.489 e. The molecule has 1 aromatic heterocycles. The highest BCUT2D eigenvalue weighted by Crippen LogP contribution is 2.28. The van der Waals surface area contributed by atoms with Crippen molar-refractivity contribution >= 4 is 33.5 Å². The summed E-state index contributed by atoms with van der Waals surface area (Å²) in [4.78, 5) is 20.5. The lowest BCUT2D eigenvalue weighted by molar-refractivity contribution is 0.0326. The highest BCUT2D eigenvalue weighted by atomic mass is 79.9. The molecule has 0 radical (unpaired) electrons. The Labute approximate surface area is 166 Å². The lowest BCUT2D eigenvalue weighted by atomic mass is 10.3. The quantitative estimate of drug-likeness (QED) is 0.667. The number of ether oxygens (including phenoxy) is 2. The van der Waals surface area contributed by atoms with Gasteiger partial charge in [-0.2, -0.15) is 0 Å². The van der Waals surface area contributed by atoms with Crippen LogP contribution in [0.3, 0.4) is 0 Å². The third kappa shape index (κ3) is 6.16. The molecule has 3 N–H and O–H groups in total. The van der Waals surface area contributed by atoms with Gasteiger partial charge in [0, 0.05) is 17.6 Å². The summed E-state index contributed by atoms with van der Waals surface area (Å²) in [5, 5.41) is 8.75. The molecule has 0 aliphatic carbocycles. The molecule has 1 fully saturated rings. The standard InChI is InChI=1S/C18H22BrN5O3/c1-12-8-22-17(10-21-12)24-18(25)23-15-7-13(19)3-4-16(15)27-11-14-9-20-5-2-6-26-14/h3-4,7-8,10,14,20H,2,5-6,9,11H2,1H3,(H2,22,23,24,25). The molecule has 1 saturated heterocycles. The van der Waals surface area contributed by atoms with Crippen molar-refractivity contribution in [3.05, 3.63) is 40.8 Å². The molecule has 2 aromatic rings. The summed E-state index contributed by atoms with van der Waals surface area (Å²) in [6.07, 6.45) is 4.05. The molecule has 1 aliphatic rings. The number of amides is 2. The smallest absolute Gasteiger partial charge is 0.325 e. The van der Waals surface area contributed by atoms with E-state index in [0.29, 0.717) is 30.5 Å². The normalized spacial score (nSPS) is 17.0. The van der Waals surface area contributed by atoms with Crippen molar-refractivity contribution in [2.45, 2.75) is 19.4 Å². The second-order valence-corrected chi connectivity index (χ2v) is 7.04. The third-order valence-electron chi connectivity index (χ3n) is 3.86. The Hall–Kier alpha value is -2.23.